The maximum Gasteiger partial charge on any atom is 0.244 e. The fraction of sp³-hybridized carbons (Fsp3) is 0.692. The summed E-state index contributed by atoms with van der Waals surface area (Å²) in [5, 5.41) is 0. The van der Waals surface area contributed by atoms with E-state index in [9.17, 15) is 8.42 Å². The van der Waals surface area contributed by atoms with Gasteiger partial charge in [0, 0.05) is 38.6 Å². The highest BCUT2D eigenvalue weighted by molar-refractivity contribution is 7.89. The lowest BCUT2D eigenvalue weighted by molar-refractivity contribution is 0.311. The topological polar surface area (TPSA) is 68.3 Å². The van der Waals surface area contributed by atoms with Gasteiger partial charge in [-0.25, -0.2) is 12.7 Å². The van der Waals surface area contributed by atoms with Crippen molar-refractivity contribution in [3.05, 3.63) is 18.0 Å². The number of aryl methyl sites for hydroxylation is 1. The van der Waals surface area contributed by atoms with E-state index in [1.165, 1.54) is 4.31 Å². The number of rotatable bonds is 5. The highest BCUT2D eigenvalue weighted by atomic mass is 32.2. The molecule has 0 spiro atoms. The SMILES string of the molecule is CCn1cc(S(=O)(=O)N(C)CC(C)(C)C)cc1CN. The summed E-state index contributed by atoms with van der Waals surface area (Å²) in [6.45, 7) is 9.54. The first-order valence-electron chi connectivity index (χ1n) is 6.47. The Hall–Kier alpha value is -0.850. The minimum absolute atomic E-state index is 0.0775. The van der Waals surface area contributed by atoms with Crippen LogP contribution in [0.2, 0.25) is 0 Å². The van der Waals surface area contributed by atoms with Crippen LogP contribution in [0.25, 0.3) is 0 Å². The van der Waals surface area contributed by atoms with Crippen molar-refractivity contribution in [2.75, 3.05) is 13.6 Å². The van der Waals surface area contributed by atoms with Crippen LogP contribution in [0.15, 0.2) is 17.2 Å². The van der Waals surface area contributed by atoms with Gasteiger partial charge in [-0.3, -0.25) is 0 Å². The highest BCUT2D eigenvalue weighted by Gasteiger charge is 2.26. The molecular formula is C13H25N3O2S. The highest BCUT2D eigenvalue weighted by Crippen LogP contribution is 2.22. The second-order valence-electron chi connectivity index (χ2n) is 5.98. The Balaban J connectivity index is 3.10. The maximum atomic E-state index is 12.5. The lowest BCUT2D eigenvalue weighted by Gasteiger charge is -2.25. The van der Waals surface area contributed by atoms with Gasteiger partial charge in [0.05, 0.1) is 0 Å². The molecule has 0 atom stereocenters. The normalized spacial score (nSPS) is 13.2. The number of hydrogen-bond acceptors (Lipinski definition) is 3. The van der Waals surface area contributed by atoms with Crippen molar-refractivity contribution in [3.63, 3.8) is 0 Å². The van der Waals surface area contributed by atoms with Gasteiger partial charge in [0.2, 0.25) is 10.0 Å². The van der Waals surface area contributed by atoms with Crippen LogP contribution in [-0.2, 0) is 23.1 Å². The van der Waals surface area contributed by atoms with Gasteiger partial charge in [0.25, 0.3) is 0 Å². The molecule has 0 fully saturated rings. The zero-order chi connectivity index (χ0) is 14.8. The van der Waals surface area contributed by atoms with Gasteiger partial charge in [0.1, 0.15) is 4.90 Å². The van der Waals surface area contributed by atoms with E-state index >= 15 is 0 Å². The van der Waals surface area contributed by atoms with Crippen LogP contribution in [0, 0.1) is 5.41 Å². The molecule has 0 aromatic carbocycles. The van der Waals surface area contributed by atoms with Crippen molar-refractivity contribution in [1.82, 2.24) is 8.87 Å². The fourth-order valence-electron chi connectivity index (χ4n) is 2.07. The predicted molar refractivity (Wildman–Crippen MR) is 77.3 cm³/mol. The molecule has 19 heavy (non-hydrogen) atoms. The van der Waals surface area contributed by atoms with Crippen molar-refractivity contribution in [2.24, 2.45) is 11.1 Å². The Morgan fingerprint density at radius 2 is 1.95 bits per heavy atom. The number of nitrogens with two attached hydrogens (primary N) is 1. The maximum absolute atomic E-state index is 12.5. The summed E-state index contributed by atoms with van der Waals surface area (Å²) in [5.41, 5.74) is 6.39. The molecule has 5 nitrogen and oxygen atoms in total. The third-order valence-electron chi connectivity index (χ3n) is 2.92. The lowest BCUT2D eigenvalue weighted by Crippen LogP contribution is -2.34. The van der Waals surface area contributed by atoms with Crippen molar-refractivity contribution < 1.29 is 8.42 Å². The molecule has 0 saturated heterocycles. The monoisotopic (exact) mass is 287 g/mol. The standard InChI is InChI=1S/C13H25N3O2S/c1-6-16-9-12(7-11(16)8-14)19(17,18)15(5)10-13(2,3)4/h7,9H,6,8,10,14H2,1-5H3. The molecule has 0 radical (unpaired) electrons. The molecule has 2 N–H and O–H groups in total. The van der Waals surface area contributed by atoms with Gasteiger partial charge < -0.3 is 10.3 Å². The van der Waals surface area contributed by atoms with Gasteiger partial charge in [0.15, 0.2) is 0 Å². The summed E-state index contributed by atoms with van der Waals surface area (Å²) in [4.78, 5) is 0.321. The van der Waals surface area contributed by atoms with Gasteiger partial charge >= 0.3 is 0 Å². The molecule has 1 rings (SSSR count). The lowest BCUT2D eigenvalue weighted by atomic mass is 9.97. The summed E-state index contributed by atoms with van der Waals surface area (Å²) >= 11 is 0. The Labute approximate surface area is 116 Å². The molecule has 0 saturated carbocycles. The minimum Gasteiger partial charge on any atom is -0.349 e. The molecule has 0 unspecified atom stereocenters. The number of hydrogen-bond donors (Lipinski definition) is 1. The van der Waals surface area contributed by atoms with Crippen molar-refractivity contribution in [2.45, 2.75) is 45.7 Å². The largest absolute Gasteiger partial charge is 0.349 e. The van der Waals surface area contributed by atoms with Gasteiger partial charge in [-0.15, -0.1) is 0 Å². The predicted octanol–water partition coefficient (Wildman–Crippen LogP) is 1.63. The van der Waals surface area contributed by atoms with Gasteiger partial charge in [-0.05, 0) is 18.4 Å². The number of aromatic nitrogens is 1. The Kier molecular flexibility index (Phi) is 4.81. The van der Waals surface area contributed by atoms with E-state index in [1.807, 2.05) is 32.3 Å². The van der Waals surface area contributed by atoms with Crippen LogP contribution in [0.5, 0.6) is 0 Å². The second-order valence-corrected chi connectivity index (χ2v) is 8.02. The zero-order valence-corrected chi connectivity index (χ0v) is 13.3. The van der Waals surface area contributed by atoms with Crippen LogP contribution in [-0.4, -0.2) is 30.9 Å². The second kappa shape index (κ2) is 5.64. The van der Waals surface area contributed by atoms with Crippen molar-refractivity contribution in [3.8, 4) is 0 Å². The van der Waals surface area contributed by atoms with E-state index in [0.717, 1.165) is 5.69 Å². The van der Waals surface area contributed by atoms with E-state index in [-0.39, 0.29) is 5.41 Å². The van der Waals surface area contributed by atoms with Crippen LogP contribution in [0.3, 0.4) is 0 Å². The summed E-state index contributed by atoms with van der Waals surface area (Å²) in [6, 6.07) is 1.66. The summed E-state index contributed by atoms with van der Waals surface area (Å²) < 4.78 is 28.2. The minimum atomic E-state index is -3.44. The number of sulfonamides is 1. The molecule has 1 aromatic rings. The summed E-state index contributed by atoms with van der Waals surface area (Å²) in [7, 11) is -1.82. The van der Waals surface area contributed by atoms with E-state index < -0.39 is 10.0 Å². The third-order valence-corrected chi connectivity index (χ3v) is 4.68. The Bertz CT molecular complexity index is 505. The first-order valence-corrected chi connectivity index (χ1v) is 7.91. The van der Waals surface area contributed by atoms with Crippen LogP contribution < -0.4 is 5.73 Å². The molecule has 110 valence electrons. The molecule has 0 amide bonds. The van der Waals surface area contributed by atoms with Crippen molar-refractivity contribution in [1.29, 1.82) is 0 Å². The van der Waals surface area contributed by atoms with E-state index in [0.29, 0.717) is 24.5 Å². The van der Waals surface area contributed by atoms with E-state index in [1.54, 1.807) is 19.3 Å². The molecule has 0 aliphatic rings. The molecule has 0 aliphatic carbocycles. The van der Waals surface area contributed by atoms with Gasteiger partial charge in [-0.1, -0.05) is 20.8 Å². The molecule has 1 aromatic heterocycles. The molecule has 1 heterocycles. The average molecular weight is 287 g/mol. The first-order chi connectivity index (χ1) is 8.61. The Morgan fingerprint density at radius 3 is 2.32 bits per heavy atom. The smallest absolute Gasteiger partial charge is 0.244 e. The molecule has 0 aliphatic heterocycles. The van der Waals surface area contributed by atoms with E-state index in [2.05, 4.69) is 0 Å². The average Bonchev–Trinajstić information content (AvgIpc) is 2.70. The van der Waals surface area contributed by atoms with Crippen LogP contribution in [0.4, 0.5) is 0 Å². The van der Waals surface area contributed by atoms with Crippen molar-refractivity contribution >= 4 is 10.0 Å². The Morgan fingerprint density at radius 1 is 1.37 bits per heavy atom. The van der Waals surface area contributed by atoms with Crippen LogP contribution >= 0.6 is 0 Å². The first kappa shape index (κ1) is 16.2. The molecule has 6 heteroatoms. The molecular weight excluding hydrogens is 262 g/mol. The zero-order valence-electron chi connectivity index (χ0n) is 12.5. The third kappa shape index (κ3) is 3.81. The summed E-state index contributed by atoms with van der Waals surface area (Å²) in [6.07, 6.45) is 1.66. The van der Waals surface area contributed by atoms with Gasteiger partial charge in [-0.2, -0.15) is 0 Å². The quantitative estimate of drug-likeness (QED) is 0.895. The van der Waals surface area contributed by atoms with E-state index in [4.69, 9.17) is 5.73 Å². The molecule has 0 bridgehead atoms. The number of nitrogens with zero attached hydrogens (tertiary/aromatic N) is 2. The van der Waals surface area contributed by atoms with Crippen LogP contribution in [0.1, 0.15) is 33.4 Å². The fourth-order valence-corrected chi connectivity index (χ4v) is 3.53. The summed E-state index contributed by atoms with van der Waals surface area (Å²) in [5.74, 6) is 0.